The zero-order chi connectivity index (χ0) is 18.8. The van der Waals surface area contributed by atoms with Crippen LogP contribution in [0.5, 0.6) is 5.88 Å². The summed E-state index contributed by atoms with van der Waals surface area (Å²) >= 11 is 0. The summed E-state index contributed by atoms with van der Waals surface area (Å²) in [7, 11) is 1.54. The average molecular weight is 354 g/mol. The number of methoxy groups -OCH3 is 1. The van der Waals surface area contributed by atoms with Gasteiger partial charge in [0.2, 0.25) is 5.88 Å². The van der Waals surface area contributed by atoms with E-state index in [1.807, 2.05) is 19.9 Å². The van der Waals surface area contributed by atoms with Crippen LogP contribution in [-0.2, 0) is 12.8 Å². The van der Waals surface area contributed by atoms with Gasteiger partial charge in [0.25, 0.3) is 11.8 Å². The predicted molar refractivity (Wildman–Crippen MR) is 96.4 cm³/mol. The number of imide groups is 1. The number of carbonyl (C=O) groups is 2. The van der Waals surface area contributed by atoms with E-state index in [2.05, 4.69) is 4.98 Å². The van der Waals surface area contributed by atoms with Gasteiger partial charge in [-0.25, -0.2) is 4.98 Å². The van der Waals surface area contributed by atoms with Crippen LogP contribution in [0.15, 0.2) is 30.3 Å². The first kappa shape index (κ1) is 18.1. The topological polar surface area (TPSA) is 79.7 Å². The number of aliphatic hydroxyl groups is 1. The van der Waals surface area contributed by atoms with Crippen LogP contribution >= 0.6 is 0 Å². The van der Waals surface area contributed by atoms with Gasteiger partial charge in [0, 0.05) is 17.7 Å². The highest BCUT2D eigenvalue weighted by Crippen LogP contribution is 2.25. The van der Waals surface area contributed by atoms with Crippen molar-refractivity contribution in [1.82, 2.24) is 9.88 Å². The highest BCUT2D eigenvalue weighted by Gasteiger charge is 2.36. The van der Waals surface area contributed by atoms with Gasteiger partial charge in [-0.15, -0.1) is 0 Å². The third-order valence-electron chi connectivity index (χ3n) is 4.66. The zero-order valence-corrected chi connectivity index (χ0v) is 15.2. The van der Waals surface area contributed by atoms with Gasteiger partial charge in [-0.2, -0.15) is 0 Å². The van der Waals surface area contributed by atoms with Crippen LogP contribution in [0.4, 0.5) is 0 Å². The lowest BCUT2D eigenvalue weighted by atomic mass is 10.0. The predicted octanol–water partition coefficient (Wildman–Crippen LogP) is 2.16. The van der Waals surface area contributed by atoms with Crippen LogP contribution in [0.3, 0.4) is 0 Å². The first-order chi connectivity index (χ1) is 12.5. The molecule has 0 spiro atoms. The Bertz CT molecular complexity index is 828. The number of pyridine rings is 1. The van der Waals surface area contributed by atoms with E-state index in [4.69, 9.17) is 4.74 Å². The molecule has 0 radical (unpaired) electrons. The van der Waals surface area contributed by atoms with Crippen molar-refractivity contribution in [3.8, 4) is 5.88 Å². The number of aliphatic hydroxyl groups excluding tert-OH is 1. The quantitative estimate of drug-likeness (QED) is 0.804. The summed E-state index contributed by atoms with van der Waals surface area (Å²) in [5.74, 6) is -0.276. The van der Waals surface area contributed by atoms with E-state index in [0.29, 0.717) is 17.0 Å². The number of benzene rings is 1. The lowest BCUT2D eigenvalue weighted by molar-refractivity contribution is 0.0543. The molecule has 0 saturated heterocycles. The molecule has 0 aliphatic carbocycles. The third kappa shape index (κ3) is 3.20. The van der Waals surface area contributed by atoms with Crippen LogP contribution in [0, 0.1) is 6.92 Å². The molecule has 1 aromatic carbocycles. The highest BCUT2D eigenvalue weighted by molar-refractivity contribution is 6.21. The second kappa shape index (κ2) is 7.25. The Hall–Kier alpha value is -2.73. The SMILES string of the molecule is CCc1cc(C[C@H](O)CN2C(=O)c3ccccc3C2=O)c(OC)nc1C. The molecular weight excluding hydrogens is 332 g/mol. The summed E-state index contributed by atoms with van der Waals surface area (Å²) in [4.78, 5) is 30.4. The number of hydrogen-bond acceptors (Lipinski definition) is 5. The monoisotopic (exact) mass is 354 g/mol. The highest BCUT2D eigenvalue weighted by atomic mass is 16.5. The molecule has 1 aromatic heterocycles. The average Bonchev–Trinajstić information content (AvgIpc) is 2.88. The van der Waals surface area contributed by atoms with Gasteiger partial charge in [0.15, 0.2) is 0 Å². The van der Waals surface area contributed by atoms with Crippen LogP contribution in [-0.4, -0.2) is 46.6 Å². The molecule has 6 heteroatoms. The van der Waals surface area contributed by atoms with Gasteiger partial charge in [-0.1, -0.05) is 19.1 Å². The summed E-state index contributed by atoms with van der Waals surface area (Å²) in [5.41, 5.74) is 3.50. The van der Waals surface area contributed by atoms with Crippen molar-refractivity contribution in [2.24, 2.45) is 0 Å². The number of rotatable bonds is 6. The fourth-order valence-corrected chi connectivity index (χ4v) is 3.29. The van der Waals surface area contributed by atoms with E-state index in [1.54, 1.807) is 24.3 Å². The van der Waals surface area contributed by atoms with E-state index >= 15 is 0 Å². The summed E-state index contributed by atoms with van der Waals surface area (Å²) < 4.78 is 5.32. The Morgan fingerprint density at radius 1 is 1.15 bits per heavy atom. The fourth-order valence-electron chi connectivity index (χ4n) is 3.29. The molecule has 1 atom stereocenters. The van der Waals surface area contributed by atoms with Crippen molar-refractivity contribution in [1.29, 1.82) is 0 Å². The minimum Gasteiger partial charge on any atom is -0.481 e. The van der Waals surface area contributed by atoms with Crippen LogP contribution in [0.2, 0.25) is 0 Å². The zero-order valence-electron chi connectivity index (χ0n) is 15.2. The summed E-state index contributed by atoms with van der Waals surface area (Å²) in [6.45, 7) is 3.89. The van der Waals surface area contributed by atoms with Crippen LogP contribution < -0.4 is 4.74 Å². The number of ether oxygens (including phenoxy) is 1. The van der Waals surface area contributed by atoms with E-state index in [-0.39, 0.29) is 24.8 Å². The van der Waals surface area contributed by atoms with Crippen molar-refractivity contribution < 1.29 is 19.4 Å². The van der Waals surface area contributed by atoms with Gasteiger partial charge in [0.1, 0.15) is 0 Å². The molecule has 2 heterocycles. The molecule has 3 rings (SSSR count). The minimum absolute atomic E-state index is 0.0646. The third-order valence-corrected chi connectivity index (χ3v) is 4.66. The maximum atomic E-state index is 12.4. The van der Waals surface area contributed by atoms with Crippen LogP contribution in [0.25, 0.3) is 0 Å². The van der Waals surface area contributed by atoms with Crippen LogP contribution in [0.1, 0.15) is 44.5 Å². The van der Waals surface area contributed by atoms with E-state index in [1.165, 1.54) is 7.11 Å². The Kier molecular flexibility index (Phi) is 5.04. The molecule has 136 valence electrons. The van der Waals surface area contributed by atoms with Gasteiger partial charge in [-0.3, -0.25) is 14.5 Å². The molecule has 0 fully saturated rings. The Morgan fingerprint density at radius 3 is 2.31 bits per heavy atom. The van der Waals surface area contributed by atoms with E-state index < -0.39 is 6.10 Å². The molecule has 26 heavy (non-hydrogen) atoms. The number of β-amino-alcohol motifs (C(OH)–C–C–N with tert-alkyl or cyclic N) is 1. The second-order valence-electron chi connectivity index (χ2n) is 6.38. The lowest BCUT2D eigenvalue weighted by Gasteiger charge is -2.20. The molecule has 2 aromatic rings. The van der Waals surface area contributed by atoms with Gasteiger partial charge in [0.05, 0.1) is 30.9 Å². The molecule has 1 aliphatic rings. The number of carbonyl (C=O) groups excluding carboxylic acids is 2. The molecule has 6 nitrogen and oxygen atoms in total. The van der Waals surface area contributed by atoms with Gasteiger partial charge >= 0.3 is 0 Å². The Labute approximate surface area is 152 Å². The maximum absolute atomic E-state index is 12.4. The van der Waals surface area contributed by atoms with Crippen molar-refractivity contribution >= 4 is 11.8 Å². The number of nitrogens with zero attached hydrogens (tertiary/aromatic N) is 2. The fraction of sp³-hybridized carbons (Fsp3) is 0.350. The lowest BCUT2D eigenvalue weighted by Crippen LogP contribution is -2.37. The second-order valence-corrected chi connectivity index (χ2v) is 6.38. The molecule has 2 amide bonds. The number of aromatic nitrogens is 1. The molecule has 0 saturated carbocycles. The first-order valence-corrected chi connectivity index (χ1v) is 8.62. The number of amides is 2. The molecule has 0 unspecified atom stereocenters. The molecule has 0 bridgehead atoms. The van der Waals surface area contributed by atoms with Gasteiger partial charge in [-0.05, 0) is 37.1 Å². The molecule has 1 aliphatic heterocycles. The summed E-state index contributed by atoms with van der Waals surface area (Å²) in [5, 5.41) is 10.5. The van der Waals surface area contributed by atoms with Crippen molar-refractivity contribution in [3.05, 3.63) is 58.3 Å². The summed E-state index contributed by atoms with van der Waals surface area (Å²) in [6.07, 6.45) is 0.168. The van der Waals surface area contributed by atoms with E-state index in [0.717, 1.165) is 28.1 Å². The van der Waals surface area contributed by atoms with Crippen molar-refractivity contribution in [2.45, 2.75) is 32.8 Å². The van der Waals surface area contributed by atoms with Crippen molar-refractivity contribution in [2.75, 3.05) is 13.7 Å². The Balaban J connectivity index is 1.77. The smallest absolute Gasteiger partial charge is 0.261 e. The molecule has 1 N–H and O–H groups in total. The largest absolute Gasteiger partial charge is 0.481 e. The minimum atomic E-state index is -0.902. The summed E-state index contributed by atoms with van der Waals surface area (Å²) in [6, 6.07) is 8.66. The van der Waals surface area contributed by atoms with Gasteiger partial charge < -0.3 is 9.84 Å². The van der Waals surface area contributed by atoms with E-state index in [9.17, 15) is 14.7 Å². The standard InChI is InChI=1S/C20H22N2O4/c1-4-13-9-14(18(26-3)21-12(13)2)10-15(23)11-22-19(24)16-7-5-6-8-17(16)20(22)25/h5-9,15,23H,4,10-11H2,1-3H3/t15-/m0/s1. The molecular formula is C20H22N2O4. The van der Waals surface area contributed by atoms with Crippen molar-refractivity contribution in [3.63, 3.8) is 0 Å². The Morgan fingerprint density at radius 2 is 1.77 bits per heavy atom. The number of aryl methyl sites for hydroxylation is 2. The number of hydrogen-bond donors (Lipinski definition) is 1. The normalized spacial score (nSPS) is 14.5. The first-order valence-electron chi connectivity index (χ1n) is 8.62. The maximum Gasteiger partial charge on any atom is 0.261 e. The number of fused-ring (bicyclic) bond motifs is 1.